The van der Waals surface area contributed by atoms with Crippen molar-refractivity contribution in [1.82, 2.24) is 4.98 Å². The van der Waals surface area contributed by atoms with Crippen LogP contribution in [-0.2, 0) is 10.0 Å². The lowest BCUT2D eigenvalue weighted by Gasteiger charge is -2.09. The smallest absolute Gasteiger partial charge is 0.271 e. The maximum atomic E-state index is 12.5. The number of aryl methyl sites for hydroxylation is 2. The van der Waals surface area contributed by atoms with Gasteiger partial charge in [0.25, 0.3) is 10.0 Å². The third kappa shape index (κ3) is 3.41. The topological polar surface area (TPSA) is 72.2 Å². The highest BCUT2D eigenvalue weighted by Crippen LogP contribution is 2.32. The standard InChI is InChI=1S/C15H13ClN2O3S2/c1-9-7-11(16)3-4-12(9)18-23(19,20)15-6-5-14(22-15)13-8-17-10(2)21-13/h3-8,18H,1-2H3. The molecule has 0 aliphatic heterocycles. The molecule has 3 aromatic rings. The molecule has 0 fully saturated rings. The first-order valence-electron chi connectivity index (χ1n) is 6.67. The zero-order valence-corrected chi connectivity index (χ0v) is 14.7. The SMILES string of the molecule is Cc1ncc(-c2ccc(S(=O)(=O)Nc3ccc(Cl)cc3C)s2)o1. The van der Waals surface area contributed by atoms with Crippen LogP contribution < -0.4 is 4.72 Å². The van der Waals surface area contributed by atoms with Crippen LogP contribution in [0, 0.1) is 13.8 Å². The van der Waals surface area contributed by atoms with Gasteiger partial charge in [-0.1, -0.05) is 11.6 Å². The van der Waals surface area contributed by atoms with Gasteiger partial charge in [-0.2, -0.15) is 0 Å². The average Bonchev–Trinajstić information content (AvgIpc) is 3.10. The molecular weight excluding hydrogens is 356 g/mol. The molecule has 23 heavy (non-hydrogen) atoms. The Labute approximate surface area is 143 Å². The van der Waals surface area contributed by atoms with Gasteiger partial charge in [0.2, 0.25) is 0 Å². The van der Waals surface area contributed by atoms with Gasteiger partial charge in [-0.05, 0) is 42.8 Å². The lowest BCUT2D eigenvalue weighted by atomic mass is 10.2. The van der Waals surface area contributed by atoms with Crippen LogP contribution in [0.4, 0.5) is 5.69 Å². The van der Waals surface area contributed by atoms with Crippen molar-refractivity contribution in [2.45, 2.75) is 18.1 Å². The predicted octanol–water partition coefficient (Wildman–Crippen LogP) is 4.47. The molecule has 0 aliphatic carbocycles. The Morgan fingerprint density at radius 2 is 2.00 bits per heavy atom. The van der Waals surface area contributed by atoms with Crippen LogP contribution in [0.25, 0.3) is 10.6 Å². The van der Waals surface area contributed by atoms with Crippen molar-refractivity contribution >= 4 is 38.6 Å². The third-order valence-corrected chi connectivity index (χ3v) is 6.34. The van der Waals surface area contributed by atoms with E-state index < -0.39 is 10.0 Å². The fraction of sp³-hybridized carbons (Fsp3) is 0.133. The number of oxazole rings is 1. The molecule has 0 radical (unpaired) electrons. The molecule has 0 amide bonds. The van der Waals surface area contributed by atoms with Crippen molar-refractivity contribution in [2.75, 3.05) is 4.72 Å². The van der Waals surface area contributed by atoms with Crippen molar-refractivity contribution in [2.24, 2.45) is 0 Å². The Kier molecular flexibility index (Phi) is 4.18. The Morgan fingerprint density at radius 1 is 1.22 bits per heavy atom. The van der Waals surface area contributed by atoms with E-state index in [-0.39, 0.29) is 4.21 Å². The molecule has 8 heteroatoms. The van der Waals surface area contributed by atoms with Crippen LogP contribution in [0.2, 0.25) is 5.02 Å². The van der Waals surface area contributed by atoms with Crippen LogP contribution in [0.1, 0.15) is 11.5 Å². The lowest BCUT2D eigenvalue weighted by Crippen LogP contribution is -2.12. The van der Waals surface area contributed by atoms with E-state index in [1.54, 1.807) is 50.4 Å². The Morgan fingerprint density at radius 3 is 2.65 bits per heavy atom. The van der Waals surface area contributed by atoms with Gasteiger partial charge in [0.15, 0.2) is 11.7 Å². The number of nitrogens with zero attached hydrogens (tertiary/aromatic N) is 1. The molecule has 2 aromatic heterocycles. The molecular formula is C15H13ClN2O3S2. The van der Waals surface area contributed by atoms with Crippen LogP contribution in [0.3, 0.4) is 0 Å². The number of rotatable bonds is 4. The first-order chi connectivity index (χ1) is 10.8. The Balaban J connectivity index is 1.89. The molecule has 120 valence electrons. The van der Waals surface area contributed by atoms with E-state index in [0.29, 0.717) is 27.2 Å². The van der Waals surface area contributed by atoms with E-state index in [1.807, 2.05) is 0 Å². The number of sulfonamides is 1. The minimum Gasteiger partial charge on any atom is -0.440 e. The number of halogens is 1. The maximum absolute atomic E-state index is 12.5. The van der Waals surface area contributed by atoms with Crippen LogP contribution in [-0.4, -0.2) is 13.4 Å². The summed E-state index contributed by atoms with van der Waals surface area (Å²) in [6, 6.07) is 8.24. The van der Waals surface area contributed by atoms with Gasteiger partial charge < -0.3 is 4.42 Å². The quantitative estimate of drug-likeness (QED) is 0.737. The highest BCUT2D eigenvalue weighted by Gasteiger charge is 2.19. The van der Waals surface area contributed by atoms with E-state index in [4.69, 9.17) is 16.0 Å². The zero-order valence-electron chi connectivity index (χ0n) is 12.3. The van der Waals surface area contributed by atoms with E-state index >= 15 is 0 Å². The van der Waals surface area contributed by atoms with Gasteiger partial charge >= 0.3 is 0 Å². The molecule has 3 rings (SSSR count). The summed E-state index contributed by atoms with van der Waals surface area (Å²) in [5.41, 5.74) is 1.25. The molecule has 0 aliphatic rings. The van der Waals surface area contributed by atoms with Crippen LogP contribution in [0.5, 0.6) is 0 Å². The first kappa shape index (κ1) is 16.0. The van der Waals surface area contributed by atoms with E-state index in [1.165, 1.54) is 0 Å². The van der Waals surface area contributed by atoms with E-state index in [9.17, 15) is 8.42 Å². The number of thiophene rings is 1. The minimum absolute atomic E-state index is 0.205. The number of hydrogen-bond donors (Lipinski definition) is 1. The highest BCUT2D eigenvalue weighted by atomic mass is 35.5. The summed E-state index contributed by atoms with van der Waals surface area (Å²) in [6.45, 7) is 3.53. The van der Waals surface area contributed by atoms with Crippen molar-refractivity contribution in [1.29, 1.82) is 0 Å². The van der Waals surface area contributed by atoms with Crippen molar-refractivity contribution < 1.29 is 12.8 Å². The number of benzene rings is 1. The van der Waals surface area contributed by atoms with Gasteiger partial charge in [-0.15, -0.1) is 11.3 Å². The molecule has 0 saturated carbocycles. The molecule has 0 saturated heterocycles. The average molecular weight is 369 g/mol. The minimum atomic E-state index is -3.67. The second-order valence-electron chi connectivity index (χ2n) is 4.93. The van der Waals surface area contributed by atoms with E-state index in [2.05, 4.69) is 9.71 Å². The fourth-order valence-electron chi connectivity index (χ4n) is 2.01. The molecule has 5 nitrogen and oxygen atoms in total. The summed E-state index contributed by atoms with van der Waals surface area (Å²) in [5.74, 6) is 1.09. The Bertz CT molecular complexity index is 961. The summed E-state index contributed by atoms with van der Waals surface area (Å²) in [7, 11) is -3.67. The number of aromatic nitrogens is 1. The van der Waals surface area contributed by atoms with Crippen LogP contribution in [0.15, 0.2) is 45.2 Å². The molecule has 1 aromatic carbocycles. The predicted molar refractivity (Wildman–Crippen MR) is 91.6 cm³/mol. The molecule has 0 bridgehead atoms. The van der Waals surface area contributed by atoms with Gasteiger partial charge in [0.1, 0.15) is 4.21 Å². The van der Waals surface area contributed by atoms with Crippen molar-refractivity contribution in [3.8, 4) is 10.6 Å². The number of anilines is 1. The summed E-state index contributed by atoms with van der Waals surface area (Å²) < 4.78 is 33.2. The largest absolute Gasteiger partial charge is 0.440 e. The summed E-state index contributed by atoms with van der Waals surface area (Å²) in [6.07, 6.45) is 1.58. The highest BCUT2D eigenvalue weighted by molar-refractivity contribution is 7.94. The van der Waals surface area contributed by atoms with Crippen molar-refractivity contribution in [3.63, 3.8) is 0 Å². The molecule has 2 heterocycles. The van der Waals surface area contributed by atoms with Gasteiger partial charge in [-0.25, -0.2) is 13.4 Å². The van der Waals surface area contributed by atoms with Gasteiger partial charge in [-0.3, -0.25) is 4.72 Å². The molecule has 0 spiro atoms. The van der Waals surface area contributed by atoms with Gasteiger partial charge in [0.05, 0.1) is 16.8 Å². The summed E-state index contributed by atoms with van der Waals surface area (Å²) in [5, 5.41) is 0.560. The molecule has 0 atom stereocenters. The number of hydrogen-bond acceptors (Lipinski definition) is 5. The van der Waals surface area contributed by atoms with Crippen LogP contribution >= 0.6 is 22.9 Å². The second-order valence-corrected chi connectivity index (χ2v) is 8.36. The number of nitrogens with one attached hydrogen (secondary N) is 1. The van der Waals surface area contributed by atoms with E-state index in [0.717, 1.165) is 16.9 Å². The van der Waals surface area contributed by atoms with Crippen molar-refractivity contribution in [3.05, 3.63) is 53.0 Å². The third-order valence-electron chi connectivity index (χ3n) is 3.14. The zero-order chi connectivity index (χ0) is 16.6. The molecule has 0 unspecified atom stereocenters. The normalized spacial score (nSPS) is 11.6. The monoisotopic (exact) mass is 368 g/mol. The maximum Gasteiger partial charge on any atom is 0.271 e. The fourth-order valence-corrected chi connectivity index (χ4v) is 4.62. The summed E-state index contributed by atoms with van der Waals surface area (Å²) in [4.78, 5) is 4.72. The molecule has 1 N–H and O–H groups in total. The lowest BCUT2D eigenvalue weighted by molar-refractivity contribution is 0.535. The Hall–Kier alpha value is -1.83. The first-order valence-corrected chi connectivity index (χ1v) is 9.34. The summed E-state index contributed by atoms with van der Waals surface area (Å²) >= 11 is 7.01. The van der Waals surface area contributed by atoms with Gasteiger partial charge in [0, 0.05) is 11.9 Å². The second kappa shape index (κ2) is 5.99.